The lowest BCUT2D eigenvalue weighted by molar-refractivity contribution is 0.0996. The Labute approximate surface area is 211 Å². The maximum absolute atomic E-state index is 13.5. The van der Waals surface area contributed by atoms with E-state index in [9.17, 15) is 9.90 Å². The number of fused-ring (bicyclic) bond motifs is 2. The van der Waals surface area contributed by atoms with Crippen LogP contribution in [0.4, 0.5) is 5.69 Å². The molecular formula is C28H21N7O2. The molecule has 37 heavy (non-hydrogen) atoms. The number of pyridine rings is 2. The fourth-order valence-corrected chi connectivity index (χ4v) is 4.48. The molecule has 0 spiro atoms. The standard InChI is InChI=1S/C28H21N7O2/c1-17-24-21(27(36)32-31-25-20-12-6-7-13-23(20)34(2)28(25)37)15-22(18-9-8-14-29-16-18)30-26(24)35(33-17)19-10-4-3-5-11-19/h3-16,37H,1-2H3. The molecule has 0 aliphatic rings. The van der Waals surface area contributed by atoms with Crippen molar-refractivity contribution in [3.05, 3.63) is 96.4 Å². The Kier molecular flexibility index (Phi) is 5.30. The topological polar surface area (TPSA) is 111 Å². The van der Waals surface area contributed by atoms with E-state index in [0.717, 1.165) is 16.8 Å². The number of aromatic nitrogens is 5. The van der Waals surface area contributed by atoms with Crippen LogP contribution in [-0.2, 0) is 7.05 Å². The van der Waals surface area contributed by atoms with Gasteiger partial charge in [-0.3, -0.25) is 9.78 Å². The largest absolute Gasteiger partial charge is 0.493 e. The summed E-state index contributed by atoms with van der Waals surface area (Å²) in [6.45, 7) is 1.83. The number of hydrogen-bond acceptors (Lipinski definition) is 6. The van der Waals surface area contributed by atoms with Gasteiger partial charge >= 0.3 is 0 Å². The number of nitrogens with zero attached hydrogens (tertiary/aromatic N) is 7. The Hall–Kier alpha value is -5.18. The van der Waals surface area contributed by atoms with Crippen molar-refractivity contribution in [1.82, 2.24) is 24.3 Å². The Morgan fingerprint density at radius 3 is 2.57 bits per heavy atom. The van der Waals surface area contributed by atoms with Gasteiger partial charge in [0.15, 0.2) is 11.3 Å². The summed E-state index contributed by atoms with van der Waals surface area (Å²) in [6.07, 6.45) is 3.37. The van der Waals surface area contributed by atoms with Crippen LogP contribution in [0.15, 0.2) is 95.4 Å². The highest BCUT2D eigenvalue weighted by atomic mass is 16.3. The molecule has 9 heteroatoms. The summed E-state index contributed by atoms with van der Waals surface area (Å²) < 4.78 is 3.32. The van der Waals surface area contributed by atoms with E-state index in [4.69, 9.17) is 4.98 Å². The number of azo groups is 1. The lowest BCUT2D eigenvalue weighted by atomic mass is 10.1. The normalized spacial score (nSPS) is 11.6. The maximum atomic E-state index is 13.5. The summed E-state index contributed by atoms with van der Waals surface area (Å²) in [7, 11) is 1.73. The van der Waals surface area contributed by atoms with E-state index in [1.807, 2.05) is 73.7 Å². The Balaban J connectivity index is 1.54. The predicted molar refractivity (Wildman–Crippen MR) is 140 cm³/mol. The zero-order valence-electron chi connectivity index (χ0n) is 20.1. The number of aryl methyl sites for hydroxylation is 2. The second-order valence-corrected chi connectivity index (χ2v) is 8.58. The minimum atomic E-state index is -0.569. The minimum absolute atomic E-state index is 0.0678. The molecule has 6 aromatic rings. The molecule has 2 aromatic carbocycles. The van der Waals surface area contributed by atoms with E-state index >= 15 is 0 Å². The van der Waals surface area contributed by atoms with Crippen LogP contribution in [0.5, 0.6) is 5.88 Å². The second kappa shape index (κ2) is 8.80. The zero-order valence-corrected chi connectivity index (χ0v) is 20.1. The highest BCUT2D eigenvalue weighted by Crippen LogP contribution is 2.38. The fraction of sp³-hybridized carbons (Fsp3) is 0.0714. The first kappa shape index (κ1) is 22.3. The third kappa shape index (κ3) is 3.73. The van der Waals surface area contributed by atoms with Gasteiger partial charge in [0, 0.05) is 30.4 Å². The Morgan fingerprint density at radius 1 is 1.00 bits per heavy atom. The second-order valence-electron chi connectivity index (χ2n) is 8.58. The molecule has 0 saturated heterocycles. The molecule has 0 unspecified atom stereocenters. The van der Waals surface area contributed by atoms with Crippen molar-refractivity contribution in [2.45, 2.75) is 6.92 Å². The number of para-hydroxylation sites is 2. The van der Waals surface area contributed by atoms with Crippen molar-refractivity contribution >= 4 is 33.5 Å². The molecule has 9 nitrogen and oxygen atoms in total. The Bertz CT molecular complexity index is 1820. The van der Waals surface area contributed by atoms with E-state index < -0.39 is 5.91 Å². The molecule has 0 aliphatic heterocycles. The van der Waals surface area contributed by atoms with Crippen LogP contribution >= 0.6 is 0 Å². The van der Waals surface area contributed by atoms with Crippen molar-refractivity contribution < 1.29 is 9.90 Å². The van der Waals surface area contributed by atoms with Gasteiger partial charge in [-0.25, -0.2) is 9.67 Å². The number of hydrogen-bond donors (Lipinski definition) is 1. The van der Waals surface area contributed by atoms with E-state index in [1.165, 1.54) is 0 Å². The molecule has 4 heterocycles. The summed E-state index contributed by atoms with van der Waals surface area (Å²) in [5.41, 5.74) is 4.62. The highest BCUT2D eigenvalue weighted by molar-refractivity contribution is 6.08. The highest BCUT2D eigenvalue weighted by Gasteiger charge is 2.22. The van der Waals surface area contributed by atoms with Gasteiger partial charge in [-0.2, -0.15) is 5.10 Å². The summed E-state index contributed by atoms with van der Waals surface area (Å²) >= 11 is 0. The van der Waals surface area contributed by atoms with Gasteiger partial charge in [0.25, 0.3) is 5.91 Å². The zero-order chi connectivity index (χ0) is 25.5. The summed E-state index contributed by atoms with van der Waals surface area (Å²) in [4.78, 5) is 22.6. The average molecular weight is 488 g/mol. The van der Waals surface area contributed by atoms with E-state index in [2.05, 4.69) is 20.3 Å². The van der Waals surface area contributed by atoms with Crippen LogP contribution in [0.2, 0.25) is 0 Å². The van der Waals surface area contributed by atoms with Crippen LogP contribution < -0.4 is 0 Å². The molecule has 0 fully saturated rings. The number of carbonyl (C=O) groups excluding carboxylic acids is 1. The third-order valence-electron chi connectivity index (χ3n) is 6.29. The molecule has 1 N–H and O–H groups in total. The van der Waals surface area contributed by atoms with E-state index in [1.54, 1.807) is 34.8 Å². The van der Waals surface area contributed by atoms with Gasteiger partial charge in [-0.1, -0.05) is 36.4 Å². The molecule has 180 valence electrons. The van der Waals surface area contributed by atoms with Crippen molar-refractivity contribution in [3.63, 3.8) is 0 Å². The van der Waals surface area contributed by atoms with Gasteiger partial charge in [0.2, 0.25) is 5.88 Å². The number of aromatic hydroxyl groups is 1. The van der Waals surface area contributed by atoms with Crippen molar-refractivity contribution in [3.8, 4) is 22.8 Å². The summed E-state index contributed by atoms with van der Waals surface area (Å²) in [6, 6.07) is 22.4. The predicted octanol–water partition coefficient (Wildman–Crippen LogP) is 5.91. The van der Waals surface area contributed by atoms with E-state index in [-0.39, 0.29) is 11.6 Å². The lowest BCUT2D eigenvalue weighted by Gasteiger charge is -2.07. The van der Waals surface area contributed by atoms with Crippen molar-refractivity contribution in [2.75, 3.05) is 0 Å². The smallest absolute Gasteiger partial charge is 0.296 e. The molecule has 0 bridgehead atoms. The van der Waals surface area contributed by atoms with Gasteiger partial charge < -0.3 is 9.67 Å². The number of benzene rings is 2. The summed E-state index contributed by atoms with van der Waals surface area (Å²) in [5.74, 6) is -0.637. The number of rotatable bonds is 4. The van der Waals surface area contributed by atoms with Gasteiger partial charge in [-0.15, -0.1) is 10.2 Å². The minimum Gasteiger partial charge on any atom is -0.493 e. The van der Waals surface area contributed by atoms with Crippen LogP contribution in [-0.4, -0.2) is 35.3 Å². The first-order chi connectivity index (χ1) is 18.0. The molecule has 6 rings (SSSR count). The van der Waals surface area contributed by atoms with Crippen LogP contribution in [0.1, 0.15) is 16.1 Å². The molecule has 0 saturated carbocycles. The number of carbonyl (C=O) groups is 1. The molecule has 0 radical (unpaired) electrons. The summed E-state index contributed by atoms with van der Waals surface area (Å²) in [5, 5.41) is 24.8. The molecular weight excluding hydrogens is 466 g/mol. The van der Waals surface area contributed by atoms with Crippen LogP contribution in [0.25, 0.3) is 38.9 Å². The van der Waals surface area contributed by atoms with Crippen LogP contribution in [0.3, 0.4) is 0 Å². The SMILES string of the molecule is Cc1nn(-c2ccccc2)c2nc(-c3cccnc3)cc(C(=O)N=Nc3c(O)n(C)c4ccccc34)c12. The van der Waals surface area contributed by atoms with E-state index in [0.29, 0.717) is 33.4 Å². The van der Waals surface area contributed by atoms with Crippen LogP contribution in [0, 0.1) is 6.92 Å². The first-order valence-electron chi connectivity index (χ1n) is 11.6. The van der Waals surface area contributed by atoms with Gasteiger partial charge in [-0.05, 0) is 43.3 Å². The van der Waals surface area contributed by atoms with Crippen molar-refractivity contribution in [1.29, 1.82) is 0 Å². The van der Waals surface area contributed by atoms with Crippen molar-refractivity contribution in [2.24, 2.45) is 17.3 Å². The Morgan fingerprint density at radius 2 is 1.78 bits per heavy atom. The monoisotopic (exact) mass is 487 g/mol. The molecule has 1 amide bonds. The maximum Gasteiger partial charge on any atom is 0.296 e. The average Bonchev–Trinajstić information content (AvgIpc) is 3.41. The molecule has 0 atom stereocenters. The third-order valence-corrected chi connectivity index (χ3v) is 6.29. The number of amides is 1. The van der Waals surface area contributed by atoms with Gasteiger partial charge in [0.05, 0.1) is 33.5 Å². The molecule has 4 aromatic heterocycles. The lowest BCUT2D eigenvalue weighted by Crippen LogP contribution is -2.02. The quantitative estimate of drug-likeness (QED) is 0.311. The fourth-order valence-electron chi connectivity index (χ4n) is 4.48. The van der Waals surface area contributed by atoms with Gasteiger partial charge in [0.1, 0.15) is 0 Å². The first-order valence-corrected chi connectivity index (χ1v) is 11.6. The molecule has 0 aliphatic carbocycles.